The number of phosphoric acid groups is 1. The summed E-state index contributed by atoms with van der Waals surface area (Å²) in [6.45, 7) is 16.1. The molecule has 4 N–H and O–H groups in total. The number of methoxy groups -OCH3 is 7. The highest BCUT2D eigenvalue weighted by atomic mass is 31.2. The number of hydrogen-bond acceptors (Lipinski definition) is 25. The summed E-state index contributed by atoms with van der Waals surface area (Å²) in [5, 5.41) is 11.6. The molecule has 0 radical (unpaired) electrons. The zero-order valence-corrected chi connectivity index (χ0v) is 51.0. The van der Waals surface area contributed by atoms with E-state index < -0.39 is 54.5 Å². The standard InChI is InChI=1S/C31H42FN6O9P.C24H27FN6O6/c1-29(2,3)46-48(40,47-30(4,5)6)44-17-38-26-20(45-31(7,8)27(38)39)12-13-23(36-26)35-25-19(32)16-33-28(37-25)34-18-14-21(41-9)24(43-11)22(15-18)42-10;1-24(2)22(32)31(12-33-3)21-15(37-24)7-8-18(29-21)28-20-14(25)11-26-23(30-20)27-13-9-16(34-4)19(36-6)17(10-13)35-5/h12-16H,17H2,1-11H3,(H2,33,34,35,36,37);7-11H,12H2,1-6H3,(H2,26,27,28,29,30). The van der Waals surface area contributed by atoms with E-state index in [4.69, 9.17) is 56.2 Å². The van der Waals surface area contributed by atoms with Gasteiger partial charge in [0.2, 0.25) is 23.4 Å². The maximum Gasteiger partial charge on any atom is 0.477 e. The van der Waals surface area contributed by atoms with Gasteiger partial charge in [0.05, 0.1) is 66.3 Å². The second-order valence-electron chi connectivity index (χ2n) is 21.4. The van der Waals surface area contributed by atoms with Gasteiger partial charge >= 0.3 is 7.82 Å². The van der Waals surface area contributed by atoms with E-state index in [0.717, 1.165) is 17.3 Å². The van der Waals surface area contributed by atoms with Crippen LogP contribution in [0.1, 0.15) is 69.2 Å². The summed E-state index contributed by atoms with van der Waals surface area (Å²) in [6.07, 6.45) is 1.99. The summed E-state index contributed by atoms with van der Waals surface area (Å²) in [5.74, 6) is 1.05. The number of phosphoric ester groups is 1. The molecule has 0 aliphatic carbocycles. The Hall–Kier alpha value is -8.63. The minimum absolute atomic E-state index is 0.0210. The lowest BCUT2D eigenvalue weighted by Gasteiger charge is -2.38. The number of aromatic nitrogens is 6. The van der Waals surface area contributed by atoms with E-state index >= 15 is 0 Å². The van der Waals surface area contributed by atoms with E-state index in [0.29, 0.717) is 51.6 Å². The van der Waals surface area contributed by atoms with Crippen LogP contribution >= 0.6 is 7.82 Å². The Bertz CT molecular complexity index is 3410. The van der Waals surface area contributed by atoms with Gasteiger partial charge in [-0.05, 0) is 93.5 Å². The molecule has 8 rings (SSSR count). The van der Waals surface area contributed by atoms with Crippen LogP contribution in [0, 0.1) is 11.6 Å². The molecule has 6 aromatic rings. The molecule has 2 aliphatic rings. The van der Waals surface area contributed by atoms with Crippen molar-refractivity contribution in [1.82, 2.24) is 29.9 Å². The Kier molecular flexibility index (Phi) is 19.3. The lowest BCUT2D eigenvalue weighted by Crippen LogP contribution is -2.53. The minimum atomic E-state index is -4.21. The SMILES string of the molecule is COCN1C(=O)C(C)(C)Oc2ccc(Nc3nc(Nc4cc(OC)c(OC)c(OC)c4)ncc3F)nc21.COc1cc(Nc2ncc(F)c(Nc3ccc4c(n3)N(COP(=O)(OC(C)(C)C)OC(C)(C)C)C(=O)C(C)(C)O4)n2)cc(OC)c1OC. The number of halogens is 2. The first-order valence-electron chi connectivity index (χ1n) is 25.9. The number of carbonyl (C=O) groups excluding carboxylic acids is 2. The summed E-state index contributed by atoms with van der Waals surface area (Å²) in [5.41, 5.74) is -3.21. The second kappa shape index (κ2) is 25.7. The summed E-state index contributed by atoms with van der Waals surface area (Å²) in [7, 11) is 6.20. The largest absolute Gasteiger partial charge is 0.493 e. The molecule has 4 aromatic heterocycles. The average molecular weight is 1210 g/mol. The number of hydrogen-bond donors (Lipinski definition) is 4. The van der Waals surface area contributed by atoms with Gasteiger partial charge in [-0.25, -0.2) is 33.3 Å². The van der Waals surface area contributed by atoms with Crippen LogP contribution in [0.5, 0.6) is 46.0 Å². The monoisotopic (exact) mass is 1210 g/mol. The highest BCUT2D eigenvalue weighted by molar-refractivity contribution is 7.48. The van der Waals surface area contributed by atoms with Gasteiger partial charge in [0.15, 0.2) is 80.6 Å². The number of fused-ring (bicyclic) bond motifs is 2. The first kappa shape index (κ1) is 63.9. The van der Waals surface area contributed by atoms with Crippen molar-refractivity contribution in [2.75, 3.05) is 94.3 Å². The van der Waals surface area contributed by atoms with Gasteiger partial charge in [-0.3, -0.25) is 33.0 Å². The Balaban J connectivity index is 0.000000252. The Morgan fingerprint density at radius 1 is 0.541 bits per heavy atom. The zero-order valence-electron chi connectivity index (χ0n) is 50.1. The number of rotatable bonds is 21. The third-order valence-electron chi connectivity index (χ3n) is 11.6. The quantitative estimate of drug-likeness (QED) is 0.0487. The summed E-state index contributed by atoms with van der Waals surface area (Å²) in [4.78, 5) is 54.3. The summed E-state index contributed by atoms with van der Waals surface area (Å²) >= 11 is 0. The van der Waals surface area contributed by atoms with E-state index in [1.54, 1.807) is 112 Å². The molecule has 0 atom stereocenters. The van der Waals surface area contributed by atoms with Gasteiger partial charge in [-0.2, -0.15) is 9.97 Å². The molecule has 0 saturated carbocycles. The van der Waals surface area contributed by atoms with Crippen molar-refractivity contribution in [2.24, 2.45) is 0 Å². The van der Waals surface area contributed by atoms with Crippen LogP contribution in [0.15, 0.2) is 60.9 Å². The first-order chi connectivity index (χ1) is 40.0. The molecule has 0 bridgehead atoms. The van der Waals surface area contributed by atoms with Crippen LogP contribution in [-0.4, -0.2) is 127 Å². The molecule has 0 fully saturated rings. The maximum atomic E-state index is 15.0. The third-order valence-corrected chi connectivity index (χ3v) is 13.6. The van der Waals surface area contributed by atoms with Crippen LogP contribution in [0.4, 0.5) is 67.0 Å². The molecule has 27 nitrogen and oxygen atoms in total. The van der Waals surface area contributed by atoms with E-state index in [1.807, 2.05) is 0 Å². The van der Waals surface area contributed by atoms with Crippen molar-refractivity contribution in [3.63, 3.8) is 0 Å². The fourth-order valence-electron chi connectivity index (χ4n) is 8.11. The normalized spacial score (nSPS) is 14.3. The average Bonchev–Trinajstić information content (AvgIpc) is 3.64. The van der Waals surface area contributed by atoms with Gasteiger partial charge < -0.3 is 63.9 Å². The Morgan fingerprint density at radius 2 is 0.906 bits per heavy atom. The van der Waals surface area contributed by atoms with Crippen LogP contribution in [-0.2, 0) is 32.5 Å². The van der Waals surface area contributed by atoms with E-state index in [1.165, 1.54) is 60.7 Å². The molecule has 0 spiro atoms. The fourth-order valence-corrected chi connectivity index (χ4v) is 9.85. The molecule has 0 saturated heterocycles. The predicted octanol–water partition coefficient (Wildman–Crippen LogP) is 10.4. The number of amides is 2. The number of carbonyl (C=O) groups is 2. The number of benzene rings is 2. The highest BCUT2D eigenvalue weighted by Crippen LogP contribution is 2.56. The van der Waals surface area contributed by atoms with E-state index in [9.17, 15) is 22.9 Å². The smallest absolute Gasteiger partial charge is 0.477 e. The van der Waals surface area contributed by atoms with Crippen molar-refractivity contribution >= 4 is 77.8 Å². The zero-order chi connectivity index (χ0) is 62.4. The molecular formula is C55H69F2N12O15P. The van der Waals surface area contributed by atoms with Gasteiger partial charge in [-0.15, -0.1) is 0 Å². The molecule has 85 heavy (non-hydrogen) atoms. The van der Waals surface area contributed by atoms with E-state index in [-0.39, 0.29) is 65.2 Å². The number of ether oxygens (including phenoxy) is 9. The van der Waals surface area contributed by atoms with Crippen LogP contribution < -0.4 is 69.0 Å². The second-order valence-corrected chi connectivity index (χ2v) is 22.9. The number of nitrogens with one attached hydrogen (secondary N) is 4. The van der Waals surface area contributed by atoms with E-state index in [2.05, 4.69) is 51.2 Å². The van der Waals surface area contributed by atoms with Crippen LogP contribution in [0.25, 0.3) is 0 Å². The maximum absolute atomic E-state index is 15.0. The molecule has 6 heterocycles. The fraction of sp³-hybridized carbons (Fsp3) is 0.418. The molecule has 458 valence electrons. The van der Waals surface area contributed by atoms with Crippen molar-refractivity contribution < 1.29 is 79.1 Å². The predicted molar refractivity (Wildman–Crippen MR) is 309 cm³/mol. The third kappa shape index (κ3) is 15.4. The Labute approximate surface area is 489 Å². The molecular weight excluding hydrogens is 1140 g/mol. The number of nitrogens with zero attached hydrogens (tertiary/aromatic N) is 8. The lowest BCUT2D eigenvalue weighted by molar-refractivity contribution is -0.134. The highest BCUT2D eigenvalue weighted by Gasteiger charge is 2.45. The minimum Gasteiger partial charge on any atom is -0.493 e. The lowest BCUT2D eigenvalue weighted by atomic mass is 10.1. The molecule has 2 aliphatic heterocycles. The van der Waals surface area contributed by atoms with Crippen molar-refractivity contribution in [1.29, 1.82) is 0 Å². The topological polar surface area (TPSA) is 294 Å². The van der Waals surface area contributed by atoms with Crippen LogP contribution in [0.2, 0.25) is 0 Å². The van der Waals surface area contributed by atoms with Gasteiger partial charge in [0.25, 0.3) is 11.8 Å². The van der Waals surface area contributed by atoms with Crippen LogP contribution in [0.3, 0.4) is 0 Å². The van der Waals surface area contributed by atoms with Gasteiger partial charge in [-0.1, -0.05) is 0 Å². The van der Waals surface area contributed by atoms with Crippen molar-refractivity contribution in [2.45, 2.75) is 91.6 Å². The molecule has 30 heteroatoms. The van der Waals surface area contributed by atoms with Gasteiger partial charge in [0, 0.05) is 42.8 Å². The van der Waals surface area contributed by atoms with Crippen molar-refractivity contribution in [3.8, 4) is 46.0 Å². The number of anilines is 10. The summed E-state index contributed by atoms with van der Waals surface area (Å²) < 4.78 is 110. The van der Waals surface area contributed by atoms with Crippen molar-refractivity contribution in [3.05, 3.63) is 72.6 Å². The number of pyridine rings is 2. The first-order valence-corrected chi connectivity index (χ1v) is 27.3. The summed E-state index contributed by atoms with van der Waals surface area (Å²) in [6, 6.07) is 12.9. The Morgan fingerprint density at radius 3 is 1.24 bits per heavy atom. The molecule has 2 aromatic carbocycles. The molecule has 2 amide bonds. The van der Waals surface area contributed by atoms with Gasteiger partial charge in [0.1, 0.15) is 25.1 Å². The molecule has 0 unspecified atom stereocenters.